The summed E-state index contributed by atoms with van der Waals surface area (Å²) >= 11 is 6.17. The third kappa shape index (κ3) is 4.41. The van der Waals surface area contributed by atoms with Gasteiger partial charge in [0.25, 0.3) is 0 Å². The first-order valence-electron chi connectivity index (χ1n) is 8.14. The zero-order valence-electron chi connectivity index (χ0n) is 13.2. The van der Waals surface area contributed by atoms with Crippen molar-refractivity contribution in [1.29, 1.82) is 0 Å². The van der Waals surface area contributed by atoms with E-state index in [1.807, 2.05) is 6.07 Å². The lowest BCUT2D eigenvalue weighted by Crippen LogP contribution is -2.49. The molecule has 2 aliphatic rings. The van der Waals surface area contributed by atoms with Crippen LogP contribution < -0.4 is 4.18 Å². The standard InChI is InChI=1S/C16H22I2NO2PS/c1-2-7-19-8-3-4-12-9-13-11(10-14(12)19)5-6-15(16(13)20)21-23-22(17)18/h5-6,12,14,20H,2-4,7-10H2,1H3/t12-,14-/m1/s1. The van der Waals surface area contributed by atoms with Gasteiger partial charge in [0.2, 0.25) is 0 Å². The molecule has 1 saturated heterocycles. The van der Waals surface area contributed by atoms with E-state index in [0.29, 0.717) is 23.5 Å². The Balaban J connectivity index is 1.81. The van der Waals surface area contributed by atoms with Gasteiger partial charge in [0.15, 0.2) is 11.5 Å². The van der Waals surface area contributed by atoms with E-state index >= 15 is 0 Å². The Hall–Kier alpha value is 1.02. The van der Waals surface area contributed by atoms with E-state index in [2.05, 4.69) is 62.0 Å². The maximum absolute atomic E-state index is 10.7. The summed E-state index contributed by atoms with van der Waals surface area (Å²) in [7, 11) is 0. The van der Waals surface area contributed by atoms with Crippen LogP contribution in [0.4, 0.5) is 0 Å². The molecule has 128 valence electrons. The molecule has 1 aliphatic carbocycles. The van der Waals surface area contributed by atoms with Gasteiger partial charge in [-0.3, -0.25) is 4.90 Å². The summed E-state index contributed by atoms with van der Waals surface area (Å²) in [6, 6.07) is 4.77. The number of phenolic OH excluding ortho intramolecular Hbond substituents is 1. The van der Waals surface area contributed by atoms with Gasteiger partial charge < -0.3 is 9.29 Å². The fraction of sp³-hybridized carbons (Fsp3) is 0.625. The molecule has 0 aromatic heterocycles. The SMILES string of the molecule is CCCN1CCC[C@@H]2Cc3c(ccc(OSP(I)I)c3O)C[C@H]21. The molecule has 0 saturated carbocycles. The zero-order chi connectivity index (χ0) is 16.4. The number of phenols is 1. The maximum Gasteiger partial charge on any atom is 0.179 e. The van der Waals surface area contributed by atoms with Crippen molar-refractivity contribution in [3.05, 3.63) is 23.3 Å². The van der Waals surface area contributed by atoms with Gasteiger partial charge in [-0.15, -0.1) is 0 Å². The molecule has 2 atom stereocenters. The van der Waals surface area contributed by atoms with E-state index in [1.54, 1.807) is 0 Å². The third-order valence-corrected chi connectivity index (χ3v) is 8.79. The second-order valence-corrected chi connectivity index (χ2v) is 23.8. The number of nitrogens with zero attached hydrogens (tertiary/aromatic N) is 1. The summed E-state index contributed by atoms with van der Waals surface area (Å²) in [4.78, 5) is 2.67. The Bertz CT molecular complexity index is 559. The summed E-state index contributed by atoms with van der Waals surface area (Å²) in [5.41, 5.74) is 2.45. The molecule has 0 radical (unpaired) electrons. The molecule has 0 spiro atoms. The Kier molecular flexibility index (Phi) is 7.03. The quantitative estimate of drug-likeness (QED) is 0.261. The summed E-state index contributed by atoms with van der Waals surface area (Å²) in [6.07, 6.45) is 5.87. The maximum atomic E-state index is 10.7. The fourth-order valence-corrected chi connectivity index (χ4v) is 6.14. The van der Waals surface area contributed by atoms with E-state index in [1.165, 1.54) is 49.6 Å². The molecule has 0 unspecified atom stereocenters. The first-order chi connectivity index (χ1) is 11.1. The molecular formula is C16H22I2NO2PS. The fourth-order valence-electron chi connectivity index (χ4n) is 4.01. The average Bonchev–Trinajstić information content (AvgIpc) is 2.53. The number of rotatable bonds is 5. The molecule has 1 N–H and O–H groups in total. The minimum atomic E-state index is -0.254. The molecule has 1 aromatic carbocycles. The number of halogens is 2. The highest BCUT2D eigenvalue weighted by Gasteiger charge is 2.36. The average molecular weight is 577 g/mol. The topological polar surface area (TPSA) is 32.7 Å². The number of hydrogen-bond acceptors (Lipinski definition) is 4. The lowest BCUT2D eigenvalue weighted by Gasteiger charge is -2.44. The van der Waals surface area contributed by atoms with Crippen molar-refractivity contribution in [3.8, 4) is 11.5 Å². The van der Waals surface area contributed by atoms with Gasteiger partial charge in [0.05, 0.1) is 0 Å². The van der Waals surface area contributed by atoms with Gasteiger partial charge in [-0.05, 0) is 107 Å². The Labute approximate surface area is 170 Å². The van der Waals surface area contributed by atoms with Crippen LogP contribution in [0.25, 0.3) is 0 Å². The van der Waals surface area contributed by atoms with E-state index < -0.39 is 0 Å². The van der Waals surface area contributed by atoms with Gasteiger partial charge in [0.1, 0.15) is 14.1 Å². The highest BCUT2D eigenvalue weighted by Crippen LogP contribution is 2.65. The number of likely N-dealkylation sites (tertiary alicyclic amines) is 1. The predicted octanol–water partition coefficient (Wildman–Crippen LogP) is 6.11. The number of fused-ring (bicyclic) bond motifs is 2. The normalized spacial score (nSPS) is 24.3. The summed E-state index contributed by atoms with van der Waals surface area (Å²) in [5.74, 6) is 1.70. The third-order valence-electron chi connectivity index (χ3n) is 4.97. The van der Waals surface area contributed by atoms with Crippen LogP contribution >= 0.6 is 58.2 Å². The minimum Gasteiger partial charge on any atom is -0.504 e. The van der Waals surface area contributed by atoms with Crippen molar-refractivity contribution in [2.75, 3.05) is 13.1 Å². The van der Waals surface area contributed by atoms with E-state index in [0.717, 1.165) is 18.4 Å². The van der Waals surface area contributed by atoms with Crippen molar-refractivity contribution >= 4 is 58.2 Å². The van der Waals surface area contributed by atoms with Crippen LogP contribution in [0.15, 0.2) is 12.1 Å². The van der Waals surface area contributed by atoms with Crippen LogP contribution in [0, 0.1) is 5.92 Å². The lowest BCUT2D eigenvalue weighted by atomic mass is 9.75. The van der Waals surface area contributed by atoms with Gasteiger partial charge >= 0.3 is 0 Å². The number of aromatic hydroxyl groups is 1. The van der Waals surface area contributed by atoms with Crippen LogP contribution in [-0.4, -0.2) is 29.1 Å². The van der Waals surface area contributed by atoms with Gasteiger partial charge in [-0.2, -0.15) is 0 Å². The smallest absolute Gasteiger partial charge is 0.179 e. The van der Waals surface area contributed by atoms with E-state index in [-0.39, 0.29) is 2.41 Å². The van der Waals surface area contributed by atoms with E-state index in [4.69, 9.17) is 4.18 Å². The number of benzene rings is 1. The van der Waals surface area contributed by atoms with Crippen LogP contribution in [0.5, 0.6) is 11.5 Å². The van der Waals surface area contributed by atoms with Crippen LogP contribution in [0.2, 0.25) is 0 Å². The molecule has 1 aliphatic heterocycles. The monoisotopic (exact) mass is 577 g/mol. The predicted molar refractivity (Wildman–Crippen MR) is 117 cm³/mol. The second-order valence-electron chi connectivity index (χ2n) is 6.32. The van der Waals surface area contributed by atoms with Gasteiger partial charge in [0, 0.05) is 11.6 Å². The van der Waals surface area contributed by atoms with Crippen LogP contribution in [0.1, 0.15) is 37.3 Å². The summed E-state index contributed by atoms with van der Waals surface area (Å²) < 4.78 is 5.48. The zero-order valence-corrected chi connectivity index (χ0v) is 19.2. The van der Waals surface area contributed by atoms with Crippen molar-refractivity contribution in [2.24, 2.45) is 5.92 Å². The number of hydrogen-bond donors (Lipinski definition) is 1. The highest BCUT2D eigenvalue weighted by molar-refractivity contribution is 14.3. The van der Waals surface area contributed by atoms with Crippen molar-refractivity contribution in [2.45, 2.75) is 45.1 Å². The highest BCUT2D eigenvalue weighted by atomic mass is 127. The van der Waals surface area contributed by atoms with Gasteiger partial charge in [-0.1, -0.05) is 13.0 Å². The van der Waals surface area contributed by atoms with Crippen molar-refractivity contribution in [3.63, 3.8) is 0 Å². The Morgan fingerprint density at radius 3 is 2.96 bits per heavy atom. The van der Waals surface area contributed by atoms with Crippen LogP contribution in [-0.2, 0) is 12.8 Å². The molecular weight excluding hydrogens is 555 g/mol. The molecule has 23 heavy (non-hydrogen) atoms. The summed E-state index contributed by atoms with van der Waals surface area (Å²) in [6.45, 7) is 4.71. The van der Waals surface area contributed by atoms with Crippen molar-refractivity contribution in [1.82, 2.24) is 4.90 Å². The first kappa shape index (κ1) is 18.8. The second kappa shape index (κ2) is 8.60. The minimum absolute atomic E-state index is 0.254. The molecule has 0 amide bonds. The molecule has 1 heterocycles. The van der Waals surface area contributed by atoms with Crippen LogP contribution in [0.3, 0.4) is 0 Å². The molecule has 3 rings (SSSR count). The molecule has 0 bridgehead atoms. The summed E-state index contributed by atoms with van der Waals surface area (Å²) in [5, 5.41) is 10.7. The molecule has 3 nitrogen and oxygen atoms in total. The molecule has 7 heteroatoms. The Morgan fingerprint density at radius 2 is 2.22 bits per heavy atom. The van der Waals surface area contributed by atoms with Gasteiger partial charge in [-0.25, -0.2) is 0 Å². The molecule has 1 fully saturated rings. The Morgan fingerprint density at radius 1 is 1.39 bits per heavy atom. The largest absolute Gasteiger partial charge is 0.504 e. The lowest BCUT2D eigenvalue weighted by molar-refractivity contribution is 0.0849. The van der Waals surface area contributed by atoms with E-state index in [9.17, 15) is 5.11 Å². The molecule has 1 aromatic rings. The number of piperidine rings is 1. The van der Waals surface area contributed by atoms with Crippen molar-refractivity contribution < 1.29 is 9.29 Å². The first-order valence-corrected chi connectivity index (χ1v) is 16.4.